The topological polar surface area (TPSA) is 103 Å². The van der Waals surface area contributed by atoms with E-state index in [2.05, 4.69) is 14.5 Å². The standard InChI is InChI=1S/C9H11N3O4P.2C2H6.4Rb/c1-6-3-4-8-9(10-6)12(7(2)11-8)5-16-17(13,14)15;2*1-2;;;;/h3-5H,1-2H3,(H2,13,14,15);2*1-2H3;;;;/q-1;;;4*+1/p-2. The van der Waals surface area contributed by atoms with Crippen LogP contribution in [0, 0.1) is 20.6 Å². The third-order valence-corrected chi connectivity index (χ3v) is 2.49. The fourth-order valence-electron chi connectivity index (χ4n) is 1.41. The van der Waals surface area contributed by atoms with Crippen LogP contribution in [0.2, 0.25) is 0 Å². The molecular formula is C13H21N3O4PRb4+. The van der Waals surface area contributed by atoms with Crippen molar-refractivity contribution in [2.24, 2.45) is 0 Å². The van der Waals surface area contributed by atoms with Gasteiger partial charge in [0.15, 0.2) is 0 Å². The molecule has 2 aromatic heterocycles. The van der Waals surface area contributed by atoms with Crippen LogP contribution in [0.25, 0.3) is 11.2 Å². The van der Waals surface area contributed by atoms with E-state index in [-0.39, 0.29) is 233 Å². The maximum absolute atomic E-state index is 10.4. The van der Waals surface area contributed by atoms with E-state index in [9.17, 15) is 14.4 Å². The van der Waals surface area contributed by atoms with Crippen molar-refractivity contribution in [1.82, 2.24) is 14.5 Å². The summed E-state index contributed by atoms with van der Waals surface area (Å²) < 4.78 is 15.8. The first kappa shape index (κ1) is 41.1. The average Bonchev–Trinajstić information content (AvgIpc) is 2.75. The Bertz CT molecular complexity index is 623. The van der Waals surface area contributed by atoms with Crippen molar-refractivity contribution < 1.29 is 252 Å². The number of hydrogen-bond donors (Lipinski definition) is 0. The van der Waals surface area contributed by atoms with Crippen LogP contribution in [-0.2, 0) is 9.09 Å². The fraction of sp³-hybridized carbons (Fsp3) is 0.462. The predicted molar refractivity (Wildman–Crippen MR) is 78.1 cm³/mol. The number of aryl methyl sites for hydroxylation is 2. The number of fused-ring (bicyclic) bond motifs is 1. The molecule has 7 nitrogen and oxygen atoms in total. The average molecular weight is 656 g/mol. The Labute approximate surface area is 346 Å². The molecule has 0 spiro atoms. The molecule has 0 saturated carbocycles. The smallest absolute Gasteiger partial charge is 0.790 e. The molecule has 0 fully saturated rings. The van der Waals surface area contributed by atoms with Crippen LogP contribution in [0.3, 0.4) is 0 Å². The van der Waals surface area contributed by atoms with Gasteiger partial charge in [-0.2, -0.15) is 0 Å². The molecule has 2 aromatic rings. The number of aromatic nitrogens is 3. The number of hydrogen-bond acceptors (Lipinski definition) is 6. The summed E-state index contributed by atoms with van der Waals surface area (Å²) in [5.74, 6) is 0.478. The molecule has 0 saturated heterocycles. The molecule has 0 atom stereocenters. The predicted octanol–water partition coefficient (Wildman–Crippen LogP) is -10.1. The summed E-state index contributed by atoms with van der Waals surface area (Å²) in [4.78, 5) is 29.2. The third-order valence-electron chi connectivity index (χ3n) is 2.13. The van der Waals surface area contributed by atoms with Gasteiger partial charge in [-0.25, -0.2) is 0 Å². The Morgan fingerprint density at radius 3 is 1.92 bits per heavy atom. The van der Waals surface area contributed by atoms with Gasteiger partial charge in [0.05, 0.1) is 13.5 Å². The molecule has 0 N–H and O–H groups in total. The number of phosphoric ester groups is 1. The fourth-order valence-corrected chi connectivity index (χ4v) is 1.62. The van der Waals surface area contributed by atoms with Crippen molar-refractivity contribution in [3.63, 3.8) is 0 Å². The Kier molecular flexibility index (Phi) is 37.8. The van der Waals surface area contributed by atoms with Gasteiger partial charge in [-0.15, -0.1) is 0 Å². The van der Waals surface area contributed by atoms with Crippen molar-refractivity contribution in [1.29, 1.82) is 0 Å². The molecule has 0 aromatic carbocycles. The van der Waals surface area contributed by atoms with Gasteiger partial charge < -0.3 is 28.4 Å². The van der Waals surface area contributed by atoms with Crippen LogP contribution in [0.1, 0.15) is 39.2 Å². The molecule has 0 bridgehead atoms. The van der Waals surface area contributed by atoms with Gasteiger partial charge in [0.2, 0.25) is 0 Å². The number of nitrogens with zero attached hydrogens (tertiary/aromatic N) is 3. The normalized spacial score (nSPS) is 8.64. The molecule has 0 amide bonds. The van der Waals surface area contributed by atoms with E-state index in [4.69, 9.17) is 0 Å². The minimum atomic E-state index is -5.05. The number of pyridine rings is 1. The van der Waals surface area contributed by atoms with E-state index in [1.165, 1.54) is 4.57 Å². The summed E-state index contributed by atoms with van der Waals surface area (Å²) in [6.07, 6.45) is 0. The minimum Gasteiger partial charge on any atom is -0.790 e. The zero-order valence-corrected chi connectivity index (χ0v) is 37.7. The van der Waals surface area contributed by atoms with Gasteiger partial charge in [-0.3, -0.25) is 4.98 Å². The summed E-state index contributed by atoms with van der Waals surface area (Å²) in [5, 5.41) is 0. The molecule has 0 radical (unpaired) electrons. The summed E-state index contributed by atoms with van der Waals surface area (Å²) in [6, 6.07) is 3.54. The van der Waals surface area contributed by atoms with Gasteiger partial charge in [0.25, 0.3) is 0 Å². The van der Waals surface area contributed by atoms with Crippen molar-refractivity contribution in [2.75, 3.05) is 0 Å². The number of imidazole rings is 1. The van der Waals surface area contributed by atoms with Crippen LogP contribution in [-0.4, -0.2) is 14.5 Å². The second kappa shape index (κ2) is 23.0. The molecule has 0 aliphatic rings. The molecule has 12 heteroatoms. The van der Waals surface area contributed by atoms with E-state index >= 15 is 0 Å². The Hall–Kier alpha value is 5.82. The van der Waals surface area contributed by atoms with Gasteiger partial charge >= 0.3 is 233 Å². The van der Waals surface area contributed by atoms with Gasteiger partial charge in [-0.1, -0.05) is 34.6 Å². The van der Waals surface area contributed by atoms with Crippen molar-refractivity contribution >= 4 is 19.0 Å². The van der Waals surface area contributed by atoms with E-state index < -0.39 is 7.82 Å². The SMILES string of the molecule is CC.CC.Cc1ccc2nc(C)n([CH-]OP(=O)([O-])[O-])c2n1.[Rb+].[Rb+].[Rb+].[Rb+]. The maximum atomic E-state index is 10.4. The Balaban J connectivity index is -0.000000156. The van der Waals surface area contributed by atoms with Crippen LogP contribution < -0.4 is 243 Å². The minimum absolute atomic E-state index is 0. The molecule has 25 heavy (non-hydrogen) atoms. The number of phosphoric acid groups is 1. The summed E-state index contributed by atoms with van der Waals surface area (Å²) in [6.45, 7) is 12.2. The van der Waals surface area contributed by atoms with E-state index in [1.807, 2.05) is 27.7 Å². The molecule has 0 aliphatic carbocycles. The number of rotatable bonds is 3. The van der Waals surface area contributed by atoms with E-state index in [1.54, 1.807) is 26.0 Å². The Morgan fingerprint density at radius 1 is 1.00 bits per heavy atom. The monoisotopic (exact) mass is 654 g/mol. The molecular weight excluding hydrogens is 635 g/mol. The molecule has 0 aliphatic heterocycles. The zero-order valence-electron chi connectivity index (χ0n) is 17.2. The summed E-state index contributed by atoms with van der Waals surface area (Å²) in [5.41, 5.74) is 1.79. The largest absolute Gasteiger partial charge is 1.00 e. The van der Waals surface area contributed by atoms with E-state index in [0.29, 0.717) is 17.0 Å². The second-order valence-electron chi connectivity index (χ2n) is 3.48. The molecule has 120 valence electrons. The Morgan fingerprint density at radius 2 is 1.48 bits per heavy atom. The van der Waals surface area contributed by atoms with Crippen molar-refractivity contribution in [3.05, 3.63) is 30.4 Å². The van der Waals surface area contributed by atoms with E-state index in [0.717, 1.165) is 12.4 Å². The van der Waals surface area contributed by atoms with Crippen LogP contribution in [0.4, 0.5) is 0 Å². The second-order valence-corrected chi connectivity index (χ2v) is 4.59. The first-order valence-corrected chi connectivity index (χ1v) is 8.19. The first-order chi connectivity index (χ1) is 9.87. The van der Waals surface area contributed by atoms with Crippen molar-refractivity contribution in [3.8, 4) is 0 Å². The quantitative estimate of drug-likeness (QED) is 0.241. The zero-order chi connectivity index (χ0) is 16.6. The third kappa shape index (κ3) is 17.0. The molecule has 0 unspecified atom stereocenters. The van der Waals surface area contributed by atoms with Crippen LogP contribution in [0.15, 0.2) is 12.1 Å². The van der Waals surface area contributed by atoms with Crippen LogP contribution >= 0.6 is 7.82 Å². The van der Waals surface area contributed by atoms with Gasteiger partial charge in [0.1, 0.15) is 0 Å². The maximum Gasteiger partial charge on any atom is 1.00 e. The van der Waals surface area contributed by atoms with Crippen LogP contribution in [0.5, 0.6) is 0 Å². The summed E-state index contributed by atoms with van der Waals surface area (Å²) in [7, 11) is -5.05. The molecule has 2 rings (SSSR count). The van der Waals surface area contributed by atoms with Gasteiger partial charge in [-0.05, 0) is 19.1 Å². The van der Waals surface area contributed by atoms with Gasteiger partial charge in [0, 0.05) is 23.8 Å². The van der Waals surface area contributed by atoms with Crippen molar-refractivity contribution in [2.45, 2.75) is 41.5 Å². The first-order valence-electron chi connectivity index (χ1n) is 6.73. The molecule has 2 heterocycles. The summed E-state index contributed by atoms with van der Waals surface area (Å²) >= 11 is 0.